The third-order valence-corrected chi connectivity index (χ3v) is 4.83. The zero-order valence-corrected chi connectivity index (χ0v) is 16.8. The topological polar surface area (TPSA) is 72.8 Å². The predicted molar refractivity (Wildman–Crippen MR) is 108 cm³/mol. The highest BCUT2D eigenvalue weighted by atomic mass is 16.6. The lowest BCUT2D eigenvalue weighted by molar-refractivity contribution is -0.00514. The van der Waals surface area contributed by atoms with Crippen LogP contribution in [0.2, 0.25) is 0 Å². The molecule has 2 aromatic carbocycles. The van der Waals surface area contributed by atoms with Crippen molar-refractivity contribution in [2.24, 2.45) is 5.92 Å². The number of rotatable bonds is 4. The number of ether oxygens (including phenoxy) is 2. The summed E-state index contributed by atoms with van der Waals surface area (Å²) in [4.78, 5) is 22.1. The van der Waals surface area contributed by atoms with Crippen molar-refractivity contribution in [3.63, 3.8) is 0 Å². The number of carboxylic acids is 1. The summed E-state index contributed by atoms with van der Waals surface area (Å²) >= 11 is 0. The molecule has 1 saturated heterocycles. The molecule has 0 saturated carbocycles. The lowest BCUT2D eigenvalue weighted by Gasteiger charge is -2.11. The van der Waals surface area contributed by atoms with Gasteiger partial charge in [0, 0.05) is 0 Å². The van der Waals surface area contributed by atoms with Crippen LogP contribution in [0.3, 0.4) is 0 Å². The summed E-state index contributed by atoms with van der Waals surface area (Å²) in [5.41, 5.74) is 3.14. The van der Waals surface area contributed by atoms with Gasteiger partial charge in [-0.25, -0.2) is 9.59 Å². The molecule has 28 heavy (non-hydrogen) atoms. The Bertz CT molecular complexity index is 770. The molecule has 2 aromatic rings. The maximum atomic E-state index is 11.8. The van der Waals surface area contributed by atoms with Gasteiger partial charge in [-0.3, -0.25) is 0 Å². The fourth-order valence-electron chi connectivity index (χ4n) is 2.84. The van der Waals surface area contributed by atoms with E-state index in [0.717, 1.165) is 17.5 Å². The van der Waals surface area contributed by atoms with Crippen LogP contribution in [-0.4, -0.2) is 35.9 Å². The Hall–Kier alpha value is -2.66. The lowest BCUT2D eigenvalue weighted by Crippen LogP contribution is -2.19. The first-order valence-electron chi connectivity index (χ1n) is 9.45. The summed E-state index contributed by atoms with van der Waals surface area (Å²) in [6.07, 6.45) is 1.26. The molecule has 3 atom stereocenters. The summed E-state index contributed by atoms with van der Waals surface area (Å²) in [5, 5.41) is 8.48. The van der Waals surface area contributed by atoms with Crippen molar-refractivity contribution in [2.45, 2.75) is 46.3 Å². The van der Waals surface area contributed by atoms with Crippen LogP contribution in [-0.2, 0) is 9.47 Å². The van der Waals surface area contributed by atoms with Crippen LogP contribution >= 0.6 is 0 Å². The molecule has 1 aliphatic rings. The Morgan fingerprint density at radius 1 is 0.964 bits per heavy atom. The average Bonchev–Trinajstić information content (AvgIpc) is 2.99. The van der Waals surface area contributed by atoms with Gasteiger partial charge in [-0.1, -0.05) is 42.3 Å². The van der Waals surface area contributed by atoms with E-state index in [4.69, 9.17) is 14.6 Å². The van der Waals surface area contributed by atoms with E-state index in [1.54, 1.807) is 36.4 Å². The van der Waals surface area contributed by atoms with Crippen LogP contribution in [0.4, 0.5) is 0 Å². The average molecular weight is 384 g/mol. The molecule has 0 aliphatic carbocycles. The first-order valence-corrected chi connectivity index (χ1v) is 9.45. The van der Waals surface area contributed by atoms with E-state index >= 15 is 0 Å². The van der Waals surface area contributed by atoms with Crippen molar-refractivity contribution < 1.29 is 24.2 Å². The molecule has 0 amide bonds. The number of esters is 1. The summed E-state index contributed by atoms with van der Waals surface area (Å²) in [6, 6.07) is 14.2. The number of hydrogen-bond donors (Lipinski definition) is 1. The first kappa shape index (κ1) is 21.6. The Balaban J connectivity index is 0.000000237. The van der Waals surface area contributed by atoms with Crippen molar-refractivity contribution in [3.8, 4) is 0 Å². The van der Waals surface area contributed by atoms with Gasteiger partial charge in [-0.2, -0.15) is 0 Å². The third-order valence-electron chi connectivity index (χ3n) is 4.83. The van der Waals surface area contributed by atoms with Gasteiger partial charge < -0.3 is 14.6 Å². The Morgan fingerprint density at radius 3 is 1.89 bits per heavy atom. The van der Waals surface area contributed by atoms with Crippen LogP contribution in [0.15, 0.2) is 48.5 Å². The monoisotopic (exact) mass is 384 g/mol. The predicted octanol–water partition coefficient (Wildman–Crippen LogP) is 4.66. The van der Waals surface area contributed by atoms with Gasteiger partial charge in [0.25, 0.3) is 0 Å². The quantitative estimate of drug-likeness (QED) is 0.776. The number of aryl methyl sites for hydroxylation is 2. The van der Waals surface area contributed by atoms with Gasteiger partial charge in [0.1, 0.15) is 6.61 Å². The van der Waals surface area contributed by atoms with Gasteiger partial charge >= 0.3 is 11.9 Å². The third kappa shape index (κ3) is 6.50. The second kappa shape index (κ2) is 10.0. The van der Waals surface area contributed by atoms with Crippen molar-refractivity contribution in [3.05, 3.63) is 70.8 Å². The fraction of sp³-hybridized carbons (Fsp3) is 0.391. The molecule has 1 aliphatic heterocycles. The van der Waals surface area contributed by atoms with E-state index in [-0.39, 0.29) is 18.2 Å². The molecule has 0 aromatic heterocycles. The highest BCUT2D eigenvalue weighted by Crippen LogP contribution is 2.25. The van der Waals surface area contributed by atoms with Gasteiger partial charge in [-0.05, 0) is 57.4 Å². The summed E-state index contributed by atoms with van der Waals surface area (Å²) in [5.74, 6) is -0.612. The largest absolute Gasteiger partial charge is 0.478 e. The smallest absolute Gasteiger partial charge is 0.338 e. The molecule has 150 valence electrons. The minimum Gasteiger partial charge on any atom is -0.478 e. The van der Waals surface area contributed by atoms with Crippen molar-refractivity contribution in [1.29, 1.82) is 0 Å². The zero-order valence-electron chi connectivity index (χ0n) is 16.8. The van der Waals surface area contributed by atoms with Gasteiger partial charge in [0.2, 0.25) is 0 Å². The van der Waals surface area contributed by atoms with Crippen molar-refractivity contribution in [2.75, 3.05) is 6.61 Å². The molecular formula is C23H28O5. The molecule has 0 radical (unpaired) electrons. The number of carbonyl (C=O) groups is 2. The van der Waals surface area contributed by atoms with Crippen molar-refractivity contribution >= 4 is 11.9 Å². The normalized spacial score (nSPS) is 20.8. The number of carboxylic acid groups (broad SMARTS) is 1. The van der Waals surface area contributed by atoms with Crippen LogP contribution < -0.4 is 0 Å². The highest BCUT2D eigenvalue weighted by Gasteiger charge is 2.29. The van der Waals surface area contributed by atoms with Crippen LogP contribution in [0.25, 0.3) is 0 Å². The second-order valence-electron chi connectivity index (χ2n) is 7.31. The lowest BCUT2D eigenvalue weighted by atomic mass is 10.0. The minimum atomic E-state index is -0.875. The highest BCUT2D eigenvalue weighted by molar-refractivity contribution is 5.89. The van der Waals surface area contributed by atoms with E-state index in [1.807, 2.05) is 26.0 Å². The van der Waals surface area contributed by atoms with Crippen molar-refractivity contribution in [1.82, 2.24) is 0 Å². The second-order valence-corrected chi connectivity index (χ2v) is 7.31. The van der Waals surface area contributed by atoms with Gasteiger partial charge in [0.15, 0.2) is 0 Å². The van der Waals surface area contributed by atoms with Crippen LogP contribution in [0.5, 0.6) is 0 Å². The Morgan fingerprint density at radius 2 is 1.46 bits per heavy atom. The van der Waals surface area contributed by atoms with E-state index in [0.29, 0.717) is 23.7 Å². The molecule has 3 rings (SSSR count). The van der Waals surface area contributed by atoms with E-state index in [9.17, 15) is 9.59 Å². The molecule has 1 heterocycles. The van der Waals surface area contributed by atoms with Crippen LogP contribution in [0.1, 0.15) is 52.1 Å². The zero-order chi connectivity index (χ0) is 20.7. The Kier molecular flexibility index (Phi) is 7.76. The molecule has 0 bridgehead atoms. The molecule has 5 heteroatoms. The number of aromatic carboxylic acids is 1. The molecular weight excluding hydrogens is 356 g/mol. The minimum absolute atomic E-state index is 0.0457. The van der Waals surface area contributed by atoms with E-state index < -0.39 is 5.97 Å². The standard InChI is InChI=1S/C15H20O3.C8H8O2/c1-10-4-6-13(7-5-10)15(16)17-9-14-8-11(2)12(3)18-14;1-6-2-4-7(5-3-6)8(9)10/h4-7,11-12,14H,8-9H2,1-3H3;2-5H,1H3,(H,9,10)/t11?,12?,14-;/m0./s1. The molecule has 2 unspecified atom stereocenters. The van der Waals surface area contributed by atoms with E-state index in [1.165, 1.54) is 0 Å². The molecule has 0 spiro atoms. The molecule has 1 N–H and O–H groups in total. The summed E-state index contributed by atoms with van der Waals surface area (Å²) in [7, 11) is 0. The Labute approximate surface area is 166 Å². The number of carbonyl (C=O) groups excluding carboxylic acids is 1. The summed E-state index contributed by atoms with van der Waals surface area (Å²) < 4.78 is 11.0. The molecule has 1 fully saturated rings. The number of hydrogen-bond acceptors (Lipinski definition) is 4. The van der Waals surface area contributed by atoms with Gasteiger partial charge in [0.05, 0.1) is 23.3 Å². The fourth-order valence-corrected chi connectivity index (χ4v) is 2.84. The van der Waals surface area contributed by atoms with E-state index in [2.05, 4.69) is 13.8 Å². The van der Waals surface area contributed by atoms with Crippen LogP contribution in [0, 0.1) is 19.8 Å². The maximum Gasteiger partial charge on any atom is 0.338 e. The maximum absolute atomic E-state index is 11.8. The molecule has 5 nitrogen and oxygen atoms in total. The first-order chi connectivity index (χ1) is 13.3. The van der Waals surface area contributed by atoms with Gasteiger partial charge in [-0.15, -0.1) is 0 Å². The summed E-state index contributed by atoms with van der Waals surface area (Å²) in [6.45, 7) is 8.48. The SMILES string of the molecule is Cc1ccc(C(=O)O)cc1.Cc1ccc(C(=O)OC[C@@H]2CC(C)C(C)O2)cc1. The number of benzene rings is 2.